The number of nitrogens with one attached hydrogen (secondary N) is 2. The second-order valence-electron chi connectivity index (χ2n) is 2.47. The van der Waals surface area contributed by atoms with Crippen molar-refractivity contribution in [1.82, 2.24) is 15.1 Å². The van der Waals surface area contributed by atoms with Crippen LogP contribution in [-0.4, -0.2) is 28.5 Å². The zero-order valence-electron chi connectivity index (χ0n) is 7.03. The van der Waals surface area contributed by atoms with Crippen LogP contribution >= 0.6 is 0 Å². The lowest BCUT2D eigenvalue weighted by Gasteiger charge is -1.94. The van der Waals surface area contributed by atoms with Gasteiger partial charge in [-0.25, -0.2) is 0 Å². The Kier molecular flexibility index (Phi) is 2.63. The molecule has 1 rings (SSSR count). The number of carbonyl (C=O) groups excluding carboxylic acids is 2. The summed E-state index contributed by atoms with van der Waals surface area (Å²) in [7, 11) is 1.60. The van der Waals surface area contributed by atoms with Gasteiger partial charge in [-0.3, -0.25) is 19.4 Å². The van der Waals surface area contributed by atoms with Gasteiger partial charge in [-0.05, 0) is 0 Å². The number of H-pyrrole nitrogens is 1. The molecule has 0 atom stereocenters. The van der Waals surface area contributed by atoms with Crippen molar-refractivity contribution in [1.29, 1.82) is 0 Å². The lowest BCUT2D eigenvalue weighted by molar-refractivity contribution is -0.107. The van der Waals surface area contributed by atoms with E-state index in [1.807, 2.05) is 0 Å². The average Bonchev–Trinajstić information content (AvgIpc) is 2.41. The van der Waals surface area contributed by atoms with E-state index in [1.165, 1.54) is 10.9 Å². The minimum absolute atomic E-state index is 0.00403. The normalized spacial score (nSPS) is 9.62. The summed E-state index contributed by atoms with van der Waals surface area (Å²) in [5.41, 5.74) is -0.463. The molecule has 6 heteroatoms. The molecule has 1 amide bonds. The van der Waals surface area contributed by atoms with Crippen molar-refractivity contribution in [2.24, 2.45) is 7.05 Å². The van der Waals surface area contributed by atoms with Crippen LogP contribution in [0.25, 0.3) is 0 Å². The highest BCUT2D eigenvalue weighted by Gasteiger charge is 2.10. The number of hydrogen-bond donors (Lipinski definition) is 2. The molecule has 0 bridgehead atoms. The lowest BCUT2D eigenvalue weighted by atomic mass is 10.3. The Hall–Kier alpha value is -1.85. The van der Waals surface area contributed by atoms with Crippen molar-refractivity contribution >= 4 is 12.2 Å². The van der Waals surface area contributed by atoms with Crippen LogP contribution in [0.2, 0.25) is 0 Å². The van der Waals surface area contributed by atoms with E-state index >= 15 is 0 Å². The standard InChI is InChI=1S/C7H9N3O3/c1-10-4-5(7(13)9-10)6(12)8-2-3-11/h3-4H,2H2,1H3,(H,8,12)(H,9,13). The van der Waals surface area contributed by atoms with Gasteiger partial charge in [-0.2, -0.15) is 0 Å². The van der Waals surface area contributed by atoms with Crippen LogP contribution in [0.4, 0.5) is 0 Å². The molecule has 0 saturated heterocycles. The van der Waals surface area contributed by atoms with Gasteiger partial charge >= 0.3 is 0 Å². The molecule has 70 valence electrons. The van der Waals surface area contributed by atoms with E-state index in [2.05, 4.69) is 10.4 Å². The van der Waals surface area contributed by atoms with Crippen molar-refractivity contribution < 1.29 is 9.59 Å². The first-order valence-electron chi connectivity index (χ1n) is 3.62. The smallest absolute Gasteiger partial charge is 0.276 e. The van der Waals surface area contributed by atoms with Crippen LogP contribution in [0.1, 0.15) is 10.4 Å². The zero-order chi connectivity index (χ0) is 9.84. The highest BCUT2D eigenvalue weighted by Crippen LogP contribution is 1.87. The number of amides is 1. The molecular formula is C7H9N3O3. The lowest BCUT2D eigenvalue weighted by Crippen LogP contribution is -2.28. The maximum atomic E-state index is 11.1. The number of aromatic nitrogens is 2. The molecule has 0 radical (unpaired) electrons. The number of aromatic amines is 1. The highest BCUT2D eigenvalue weighted by molar-refractivity contribution is 5.94. The Morgan fingerprint density at radius 1 is 1.77 bits per heavy atom. The summed E-state index contributed by atoms with van der Waals surface area (Å²) in [4.78, 5) is 32.1. The van der Waals surface area contributed by atoms with Gasteiger partial charge in [-0.15, -0.1) is 0 Å². The molecule has 0 aliphatic rings. The fraction of sp³-hybridized carbons (Fsp3) is 0.286. The largest absolute Gasteiger partial charge is 0.345 e. The third-order valence-electron chi connectivity index (χ3n) is 1.44. The Morgan fingerprint density at radius 3 is 2.92 bits per heavy atom. The second-order valence-corrected chi connectivity index (χ2v) is 2.47. The fourth-order valence-electron chi connectivity index (χ4n) is 0.896. The van der Waals surface area contributed by atoms with Crippen molar-refractivity contribution in [2.75, 3.05) is 6.54 Å². The first-order valence-corrected chi connectivity index (χ1v) is 3.62. The molecule has 0 aliphatic carbocycles. The molecule has 13 heavy (non-hydrogen) atoms. The van der Waals surface area contributed by atoms with E-state index in [1.54, 1.807) is 7.05 Å². The van der Waals surface area contributed by atoms with Gasteiger partial charge in [0.2, 0.25) is 0 Å². The van der Waals surface area contributed by atoms with Gasteiger partial charge in [0.15, 0.2) is 0 Å². The Labute approximate surface area is 73.5 Å². The number of aryl methyl sites for hydroxylation is 1. The van der Waals surface area contributed by atoms with Gasteiger partial charge in [-0.1, -0.05) is 0 Å². The molecule has 0 fully saturated rings. The van der Waals surface area contributed by atoms with E-state index in [-0.39, 0.29) is 12.1 Å². The molecule has 6 nitrogen and oxygen atoms in total. The maximum Gasteiger partial charge on any atom is 0.276 e. The van der Waals surface area contributed by atoms with Gasteiger partial charge < -0.3 is 10.1 Å². The average molecular weight is 183 g/mol. The maximum absolute atomic E-state index is 11.1. The highest BCUT2D eigenvalue weighted by atomic mass is 16.2. The van der Waals surface area contributed by atoms with Gasteiger partial charge in [0, 0.05) is 13.2 Å². The van der Waals surface area contributed by atoms with E-state index < -0.39 is 11.5 Å². The second kappa shape index (κ2) is 3.70. The minimum Gasteiger partial charge on any atom is -0.345 e. The third-order valence-corrected chi connectivity index (χ3v) is 1.44. The van der Waals surface area contributed by atoms with Crippen molar-refractivity contribution in [2.45, 2.75) is 0 Å². The van der Waals surface area contributed by atoms with Crippen LogP contribution in [0.15, 0.2) is 11.0 Å². The first-order chi connectivity index (χ1) is 6.15. The van der Waals surface area contributed by atoms with Crippen molar-refractivity contribution in [3.63, 3.8) is 0 Å². The summed E-state index contributed by atoms with van der Waals surface area (Å²) in [5.74, 6) is -0.547. The zero-order valence-corrected chi connectivity index (χ0v) is 7.03. The van der Waals surface area contributed by atoms with Crippen LogP contribution < -0.4 is 10.9 Å². The number of carbonyl (C=O) groups is 2. The summed E-state index contributed by atoms with van der Waals surface area (Å²) in [6.07, 6.45) is 1.91. The van der Waals surface area contributed by atoms with Crippen LogP contribution in [-0.2, 0) is 11.8 Å². The van der Waals surface area contributed by atoms with E-state index in [9.17, 15) is 14.4 Å². The molecular weight excluding hydrogens is 174 g/mol. The van der Waals surface area contributed by atoms with E-state index in [0.29, 0.717) is 6.29 Å². The molecule has 2 N–H and O–H groups in total. The molecule has 0 unspecified atom stereocenters. The SMILES string of the molecule is Cn1cc(C(=O)NCC=O)c(=O)[nH]1. The molecule has 1 heterocycles. The summed E-state index contributed by atoms with van der Waals surface area (Å²) in [6, 6.07) is 0. The minimum atomic E-state index is -0.547. The number of nitrogens with zero attached hydrogens (tertiary/aromatic N) is 1. The van der Waals surface area contributed by atoms with Gasteiger partial charge in [0.1, 0.15) is 11.8 Å². The number of hydrogen-bond acceptors (Lipinski definition) is 3. The van der Waals surface area contributed by atoms with Gasteiger partial charge in [0.05, 0.1) is 6.54 Å². The monoisotopic (exact) mass is 183 g/mol. The first kappa shape index (κ1) is 9.24. The van der Waals surface area contributed by atoms with Gasteiger partial charge in [0.25, 0.3) is 11.5 Å². The molecule has 1 aromatic rings. The molecule has 0 aliphatic heterocycles. The van der Waals surface area contributed by atoms with Crippen LogP contribution in [0.5, 0.6) is 0 Å². The molecule has 0 aromatic carbocycles. The van der Waals surface area contributed by atoms with Crippen LogP contribution in [0.3, 0.4) is 0 Å². The van der Waals surface area contributed by atoms with Crippen molar-refractivity contribution in [3.05, 3.63) is 22.1 Å². The Balaban J connectivity index is 2.82. The molecule has 0 spiro atoms. The van der Waals surface area contributed by atoms with Crippen LogP contribution in [0, 0.1) is 0 Å². The fourth-order valence-corrected chi connectivity index (χ4v) is 0.896. The quantitative estimate of drug-likeness (QED) is 0.568. The predicted molar refractivity (Wildman–Crippen MR) is 44.4 cm³/mol. The topological polar surface area (TPSA) is 84.0 Å². The molecule has 1 aromatic heterocycles. The Bertz CT molecular complexity index is 377. The number of aldehydes is 1. The Morgan fingerprint density at radius 2 is 2.46 bits per heavy atom. The summed E-state index contributed by atoms with van der Waals surface area (Å²) >= 11 is 0. The summed E-state index contributed by atoms with van der Waals surface area (Å²) < 4.78 is 1.37. The summed E-state index contributed by atoms with van der Waals surface area (Å²) in [6.45, 7) is -0.0901. The van der Waals surface area contributed by atoms with E-state index in [0.717, 1.165) is 0 Å². The number of rotatable bonds is 3. The van der Waals surface area contributed by atoms with Crippen molar-refractivity contribution in [3.8, 4) is 0 Å². The molecule has 0 saturated carbocycles. The van der Waals surface area contributed by atoms with E-state index in [4.69, 9.17) is 0 Å². The predicted octanol–water partition coefficient (Wildman–Crippen LogP) is -1.36. The third kappa shape index (κ3) is 2.05. The summed E-state index contributed by atoms with van der Waals surface area (Å²) in [5, 5.41) is 4.64.